The van der Waals surface area contributed by atoms with E-state index in [1.54, 1.807) is 12.3 Å². The Morgan fingerprint density at radius 1 is 1.65 bits per heavy atom. The molecule has 1 aromatic rings. The van der Waals surface area contributed by atoms with Crippen molar-refractivity contribution in [2.45, 2.75) is 13.0 Å². The van der Waals surface area contributed by atoms with Gasteiger partial charge in [-0.25, -0.2) is 4.79 Å². The summed E-state index contributed by atoms with van der Waals surface area (Å²) in [5, 5.41) is 13.3. The number of carbonyl (C=O) groups excluding carboxylic acids is 1. The van der Waals surface area contributed by atoms with E-state index in [0.717, 1.165) is 5.56 Å². The first-order chi connectivity index (χ1) is 7.97. The number of nitrogens with one attached hydrogen (secondary N) is 1. The summed E-state index contributed by atoms with van der Waals surface area (Å²) in [6.45, 7) is 1.68. The highest BCUT2D eigenvalue weighted by Crippen LogP contribution is 2.26. The molecule has 7 heteroatoms. The largest absolute Gasteiger partial charge is 0.480 e. The molecule has 0 aliphatic rings. The summed E-state index contributed by atoms with van der Waals surface area (Å²) in [6, 6.07) is -1.08. The molecule has 0 aliphatic heterocycles. The second-order valence-electron chi connectivity index (χ2n) is 3.38. The van der Waals surface area contributed by atoms with Crippen LogP contribution in [0, 0.1) is 6.92 Å². The highest BCUT2D eigenvalue weighted by molar-refractivity contribution is 7.13. The molecular formula is C10H12ClNO4S. The van der Waals surface area contributed by atoms with Crippen LogP contribution in [0.3, 0.4) is 0 Å². The Labute approximate surface area is 107 Å². The lowest BCUT2D eigenvalue weighted by atomic mass is 10.3. The third kappa shape index (κ3) is 3.42. The third-order valence-corrected chi connectivity index (χ3v) is 3.74. The third-order valence-electron chi connectivity index (χ3n) is 2.04. The first kappa shape index (κ1) is 14.0. The predicted octanol–water partition coefficient (Wildman–Crippen LogP) is 1.54. The molecule has 0 radical (unpaired) electrons. The van der Waals surface area contributed by atoms with Crippen molar-refractivity contribution in [3.05, 3.63) is 20.8 Å². The molecule has 5 nitrogen and oxygen atoms in total. The summed E-state index contributed by atoms with van der Waals surface area (Å²) in [4.78, 5) is 22.9. The van der Waals surface area contributed by atoms with E-state index in [2.05, 4.69) is 5.32 Å². The van der Waals surface area contributed by atoms with E-state index < -0.39 is 17.9 Å². The topological polar surface area (TPSA) is 75.6 Å². The summed E-state index contributed by atoms with van der Waals surface area (Å²) in [7, 11) is 1.37. The molecule has 17 heavy (non-hydrogen) atoms. The molecule has 0 aromatic carbocycles. The van der Waals surface area contributed by atoms with Crippen molar-refractivity contribution in [3.8, 4) is 0 Å². The van der Waals surface area contributed by atoms with Gasteiger partial charge in [0.25, 0.3) is 5.91 Å². The number of aryl methyl sites for hydroxylation is 1. The van der Waals surface area contributed by atoms with Crippen molar-refractivity contribution in [2.24, 2.45) is 0 Å². The number of carboxylic acid groups (broad SMARTS) is 1. The smallest absolute Gasteiger partial charge is 0.328 e. The molecular weight excluding hydrogens is 266 g/mol. The number of carboxylic acids is 1. The van der Waals surface area contributed by atoms with Crippen molar-refractivity contribution >= 4 is 34.8 Å². The molecule has 0 saturated carbocycles. The average Bonchev–Trinajstić information content (AvgIpc) is 2.59. The first-order valence-corrected chi connectivity index (χ1v) is 5.99. The number of hydrogen-bond acceptors (Lipinski definition) is 4. The van der Waals surface area contributed by atoms with E-state index >= 15 is 0 Å². The van der Waals surface area contributed by atoms with E-state index in [4.69, 9.17) is 21.4 Å². The molecule has 1 amide bonds. The fraction of sp³-hybridized carbons (Fsp3) is 0.400. The lowest BCUT2D eigenvalue weighted by Crippen LogP contribution is -2.43. The van der Waals surface area contributed by atoms with Crippen LogP contribution in [0.25, 0.3) is 0 Å². The van der Waals surface area contributed by atoms with Gasteiger partial charge in [0, 0.05) is 7.11 Å². The van der Waals surface area contributed by atoms with Gasteiger partial charge in [0.15, 0.2) is 6.04 Å². The molecule has 0 fully saturated rings. The number of aliphatic carboxylic acids is 1. The summed E-state index contributed by atoms with van der Waals surface area (Å²) >= 11 is 7.09. The fourth-order valence-corrected chi connectivity index (χ4v) is 2.33. The first-order valence-electron chi connectivity index (χ1n) is 4.73. The van der Waals surface area contributed by atoms with Crippen molar-refractivity contribution in [3.63, 3.8) is 0 Å². The van der Waals surface area contributed by atoms with E-state index in [0.29, 0.717) is 9.90 Å². The van der Waals surface area contributed by atoms with Crippen LogP contribution in [0.1, 0.15) is 15.2 Å². The van der Waals surface area contributed by atoms with Crippen LogP contribution >= 0.6 is 22.9 Å². The minimum absolute atomic E-state index is 0.0942. The number of rotatable bonds is 5. The highest BCUT2D eigenvalue weighted by atomic mass is 35.5. The second-order valence-corrected chi connectivity index (χ2v) is 4.64. The van der Waals surface area contributed by atoms with Gasteiger partial charge in [0.1, 0.15) is 4.88 Å². The Morgan fingerprint density at radius 2 is 2.29 bits per heavy atom. The van der Waals surface area contributed by atoms with Crippen LogP contribution in [0.2, 0.25) is 5.02 Å². The maximum Gasteiger partial charge on any atom is 0.328 e. The summed E-state index contributed by atoms with van der Waals surface area (Å²) in [6.07, 6.45) is 0. The quantitative estimate of drug-likeness (QED) is 0.856. The molecule has 94 valence electrons. The number of hydrogen-bond donors (Lipinski definition) is 2. The molecule has 2 N–H and O–H groups in total. The summed E-state index contributed by atoms with van der Waals surface area (Å²) in [5.41, 5.74) is 0.792. The average molecular weight is 278 g/mol. The van der Waals surface area contributed by atoms with Crippen LogP contribution in [0.15, 0.2) is 5.38 Å². The highest BCUT2D eigenvalue weighted by Gasteiger charge is 2.23. The molecule has 0 spiro atoms. The SMILES string of the molecule is COCC(NC(=O)c1scc(C)c1Cl)C(=O)O. The zero-order chi connectivity index (χ0) is 13.0. The number of halogens is 1. The van der Waals surface area contributed by atoms with Crippen molar-refractivity contribution in [1.29, 1.82) is 0 Å². The van der Waals surface area contributed by atoms with Gasteiger partial charge in [-0.05, 0) is 17.9 Å². The Bertz CT molecular complexity index is 432. The van der Waals surface area contributed by atoms with Crippen LogP contribution in [0.4, 0.5) is 0 Å². The maximum atomic E-state index is 11.8. The predicted molar refractivity (Wildman–Crippen MR) is 64.8 cm³/mol. The van der Waals surface area contributed by atoms with Crippen LogP contribution < -0.4 is 5.32 Å². The van der Waals surface area contributed by atoms with Crippen molar-refractivity contribution in [1.82, 2.24) is 5.32 Å². The lowest BCUT2D eigenvalue weighted by Gasteiger charge is -2.12. The van der Waals surface area contributed by atoms with E-state index in [9.17, 15) is 9.59 Å². The Hall–Kier alpha value is -1.11. The normalized spacial score (nSPS) is 12.2. The Morgan fingerprint density at radius 3 is 2.71 bits per heavy atom. The molecule has 1 atom stereocenters. The van der Waals surface area contributed by atoms with Crippen LogP contribution in [0.5, 0.6) is 0 Å². The number of methoxy groups -OCH3 is 1. The number of thiophene rings is 1. The fourth-order valence-electron chi connectivity index (χ4n) is 1.15. The maximum absolute atomic E-state index is 11.8. The summed E-state index contributed by atoms with van der Waals surface area (Å²) in [5.74, 6) is -1.65. The van der Waals surface area contributed by atoms with Crippen molar-refractivity contribution in [2.75, 3.05) is 13.7 Å². The monoisotopic (exact) mass is 277 g/mol. The standard InChI is InChI=1S/C10H12ClNO4S/c1-5-4-17-8(7(5)11)9(13)12-6(3-16-2)10(14)15/h4,6H,3H2,1-2H3,(H,12,13)(H,14,15). The number of amides is 1. The van der Waals surface area contributed by atoms with Gasteiger partial charge in [-0.2, -0.15) is 0 Å². The second kappa shape index (κ2) is 6.00. The summed E-state index contributed by atoms with van der Waals surface area (Å²) < 4.78 is 4.71. The van der Waals surface area contributed by atoms with Crippen LogP contribution in [-0.2, 0) is 9.53 Å². The molecule has 1 heterocycles. The minimum atomic E-state index is -1.15. The van der Waals surface area contributed by atoms with Gasteiger partial charge < -0.3 is 15.2 Å². The Balaban J connectivity index is 2.77. The molecule has 0 bridgehead atoms. The zero-order valence-corrected chi connectivity index (χ0v) is 10.9. The van der Waals surface area contributed by atoms with Gasteiger partial charge in [0.2, 0.25) is 0 Å². The molecule has 0 aliphatic carbocycles. The molecule has 1 unspecified atom stereocenters. The molecule has 1 rings (SSSR count). The van der Waals surface area contributed by atoms with Gasteiger partial charge in [-0.3, -0.25) is 4.79 Å². The van der Waals surface area contributed by atoms with Gasteiger partial charge >= 0.3 is 5.97 Å². The molecule has 1 aromatic heterocycles. The van der Waals surface area contributed by atoms with E-state index in [1.807, 2.05) is 0 Å². The van der Waals surface area contributed by atoms with Gasteiger partial charge in [-0.1, -0.05) is 11.6 Å². The number of ether oxygens (including phenoxy) is 1. The van der Waals surface area contributed by atoms with E-state index in [-0.39, 0.29) is 6.61 Å². The Kier molecular flexibility index (Phi) is 4.92. The van der Waals surface area contributed by atoms with Gasteiger partial charge in [-0.15, -0.1) is 11.3 Å². The van der Waals surface area contributed by atoms with Gasteiger partial charge in [0.05, 0.1) is 11.6 Å². The zero-order valence-electron chi connectivity index (χ0n) is 9.32. The van der Waals surface area contributed by atoms with Crippen LogP contribution in [-0.4, -0.2) is 36.7 Å². The minimum Gasteiger partial charge on any atom is -0.480 e. The number of carbonyl (C=O) groups is 2. The molecule has 0 saturated heterocycles. The van der Waals surface area contributed by atoms with Crippen molar-refractivity contribution < 1.29 is 19.4 Å². The van der Waals surface area contributed by atoms with E-state index in [1.165, 1.54) is 18.4 Å². The lowest BCUT2D eigenvalue weighted by molar-refractivity contribution is -0.140.